The van der Waals surface area contributed by atoms with Crippen LogP contribution in [-0.4, -0.2) is 30.9 Å². The molecule has 1 heterocycles. The van der Waals surface area contributed by atoms with Gasteiger partial charge in [0.2, 0.25) is 0 Å². The van der Waals surface area contributed by atoms with Gasteiger partial charge in [-0.25, -0.2) is 9.18 Å². The van der Waals surface area contributed by atoms with Crippen LogP contribution in [0.15, 0.2) is 30.5 Å². The zero-order valence-corrected chi connectivity index (χ0v) is 10.9. The van der Waals surface area contributed by atoms with Gasteiger partial charge in [-0.3, -0.25) is 0 Å². The van der Waals surface area contributed by atoms with Crippen LogP contribution in [0.25, 0.3) is 10.9 Å². The van der Waals surface area contributed by atoms with Crippen LogP contribution in [0.3, 0.4) is 0 Å². The number of hydrogen-bond acceptors (Lipinski definition) is 3. The SMILES string of the molecule is COCCOC(=O)C(C)n1ccc2cc(F)ccc21. The van der Waals surface area contributed by atoms with Crippen LogP contribution in [0.5, 0.6) is 0 Å². The number of nitrogens with zero attached hydrogens (tertiary/aromatic N) is 1. The van der Waals surface area contributed by atoms with Crippen molar-refractivity contribution in [2.75, 3.05) is 20.3 Å². The van der Waals surface area contributed by atoms with Crippen molar-refractivity contribution in [3.05, 3.63) is 36.3 Å². The smallest absolute Gasteiger partial charge is 0.328 e. The van der Waals surface area contributed by atoms with Crippen molar-refractivity contribution in [1.82, 2.24) is 4.57 Å². The summed E-state index contributed by atoms with van der Waals surface area (Å²) in [6.45, 7) is 2.35. The maximum atomic E-state index is 13.1. The number of ether oxygens (including phenoxy) is 2. The van der Waals surface area contributed by atoms with E-state index in [1.807, 2.05) is 0 Å². The summed E-state index contributed by atoms with van der Waals surface area (Å²) in [6.07, 6.45) is 1.76. The number of benzene rings is 1. The fraction of sp³-hybridized carbons (Fsp3) is 0.357. The fourth-order valence-corrected chi connectivity index (χ4v) is 1.93. The molecule has 0 aliphatic carbocycles. The normalized spacial score (nSPS) is 12.6. The van der Waals surface area contributed by atoms with Crippen molar-refractivity contribution in [3.63, 3.8) is 0 Å². The third-order valence-electron chi connectivity index (χ3n) is 2.97. The first-order chi connectivity index (χ1) is 9.13. The molecule has 0 amide bonds. The number of halogens is 1. The third kappa shape index (κ3) is 2.93. The highest BCUT2D eigenvalue weighted by molar-refractivity contribution is 5.83. The van der Waals surface area contributed by atoms with Gasteiger partial charge in [-0.1, -0.05) is 0 Å². The molecule has 2 aromatic rings. The molecule has 0 bridgehead atoms. The van der Waals surface area contributed by atoms with E-state index >= 15 is 0 Å². The molecule has 102 valence electrons. The van der Waals surface area contributed by atoms with Crippen LogP contribution in [0, 0.1) is 5.82 Å². The lowest BCUT2D eigenvalue weighted by molar-refractivity contribution is -0.148. The molecule has 1 unspecified atom stereocenters. The van der Waals surface area contributed by atoms with E-state index in [9.17, 15) is 9.18 Å². The molecule has 0 N–H and O–H groups in total. The van der Waals surface area contributed by atoms with Gasteiger partial charge in [0.15, 0.2) is 0 Å². The molecule has 0 radical (unpaired) electrons. The minimum atomic E-state index is -0.459. The van der Waals surface area contributed by atoms with Crippen LogP contribution >= 0.6 is 0 Å². The Kier molecular flexibility index (Phi) is 4.16. The summed E-state index contributed by atoms with van der Waals surface area (Å²) < 4.78 is 24.8. The maximum absolute atomic E-state index is 13.1. The largest absolute Gasteiger partial charge is 0.462 e. The number of fused-ring (bicyclic) bond motifs is 1. The first kappa shape index (κ1) is 13.5. The quantitative estimate of drug-likeness (QED) is 0.616. The Morgan fingerprint density at radius 1 is 1.37 bits per heavy atom. The number of carbonyl (C=O) groups excluding carboxylic acids is 1. The summed E-state index contributed by atoms with van der Waals surface area (Å²) in [6, 6.07) is 5.79. The maximum Gasteiger partial charge on any atom is 0.328 e. The van der Waals surface area contributed by atoms with Crippen molar-refractivity contribution in [1.29, 1.82) is 0 Å². The molecule has 1 aromatic heterocycles. The Hall–Kier alpha value is -1.88. The number of methoxy groups -OCH3 is 1. The molecular formula is C14H16FNO3. The second kappa shape index (κ2) is 5.84. The van der Waals surface area contributed by atoms with E-state index < -0.39 is 6.04 Å². The minimum Gasteiger partial charge on any atom is -0.462 e. The summed E-state index contributed by atoms with van der Waals surface area (Å²) in [4.78, 5) is 11.9. The molecule has 1 atom stereocenters. The van der Waals surface area contributed by atoms with E-state index in [2.05, 4.69) is 0 Å². The lowest BCUT2D eigenvalue weighted by Crippen LogP contribution is -2.20. The van der Waals surface area contributed by atoms with Crippen molar-refractivity contribution >= 4 is 16.9 Å². The highest BCUT2D eigenvalue weighted by Crippen LogP contribution is 2.21. The van der Waals surface area contributed by atoms with Gasteiger partial charge in [0, 0.05) is 24.2 Å². The van der Waals surface area contributed by atoms with Gasteiger partial charge < -0.3 is 14.0 Å². The fourth-order valence-electron chi connectivity index (χ4n) is 1.93. The molecule has 0 fully saturated rings. The zero-order chi connectivity index (χ0) is 13.8. The molecule has 0 saturated carbocycles. The Balaban J connectivity index is 2.17. The van der Waals surface area contributed by atoms with Gasteiger partial charge in [0.1, 0.15) is 18.5 Å². The summed E-state index contributed by atoms with van der Waals surface area (Å²) in [5.41, 5.74) is 0.803. The highest BCUT2D eigenvalue weighted by Gasteiger charge is 2.17. The molecular weight excluding hydrogens is 249 g/mol. The Morgan fingerprint density at radius 3 is 2.89 bits per heavy atom. The van der Waals surface area contributed by atoms with Crippen LogP contribution in [0.2, 0.25) is 0 Å². The topological polar surface area (TPSA) is 40.5 Å². The number of carbonyl (C=O) groups is 1. The summed E-state index contributed by atoms with van der Waals surface area (Å²) in [7, 11) is 1.55. The van der Waals surface area contributed by atoms with Gasteiger partial charge in [0.05, 0.1) is 6.61 Å². The van der Waals surface area contributed by atoms with Crippen molar-refractivity contribution in [3.8, 4) is 0 Å². The van der Waals surface area contributed by atoms with Gasteiger partial charge >= 0.3 is 5.97 Å². The average Bonchev–Trinajstić information content (AvgIpc) is 2.80. The second-order valence-corrected chi connectivity index (χ2v) is 4.26. The highest BCUT2D eigenvalue weighted by atomic mass is 19.1. The van der Waals surface area contributed by atoms with E-state index in [0.717, 1.165) is 10.9 Å². The molecule has 1 aromatic carbocycles. The lowest BCUT2D eigenvalue weighted by atomic mass is 10.2. The lowest BCUT2D eigenvalue weighted by Gasteiger charge is -2.14. The van der Waals surface area contributed by atoms with Crippen molar-refractivity contribution < 1.29 is 18.7 Å². The van der Waals surface area contributed by atoms with Gasteiger partial charge in [0.25, 0.3) is 0 Å². The predicted octanol–water partition coefficient (Wildman–Crippen LogP) is 2.53. The first-order valence-corrected chi connectivity index (χ1v) is 6.05. The van der Waals surface area contributed by atoms with Gasteiger partial charge in [-0.05, 0) is 31.2 Å². The standard InChI is InChI=1S/C14H16FNO3/c1-10(14(17)19-8-7-18-2)16-6-5-11-9-12(15)3-4-13(11)16/h3-6,9-10H,7-8H2,1-2H3. The molecule has 0 spiro atoms. The van der Waals surface area contributed by atoms with E-state index in [1.165, 1.54) is 12.1 Å². The number of esters is 1. The van der Waals surface area contributed by atoms with E-state index in [-0.39, 0.29) is 18.4 Å². The predicted molar refractivity (Wildman–Crippen MR) is 69.4 cm³/mol. The summed E-state index contributed by atoms with van der Waals surface area (Å²) in [5, 5.41) is 0.761. The average molecular weight is 265 g/mol. The van der Waals surface area contributed by atoms with Gasteiger partial charge in [-0.2, -0.15) is 0 Å². The third-order valence-corrected chi connectivity index (χ3v) is 2.97. The van der Waals surface area contributed by atoms with Crippen LogP contribution in [0.1, 0.15) is 13.0 Å². The Labute approximate surface area is 110 Å². The molecule has 0 aliphatic rings. The van der Waals surface area contributed by atoms with E-state index in [0.29, 0.717) is 6.61 Å². The number of rotatable bonds is 5. The molecule has 2 rings (SSSR count). The second-order valence-electron chi connectivity index (χ2n) is 4.26. The molecule has 5 heteroatoms. The minimum absolute atomic E-state index is 0.230. The molecule has 0 aliphatic heterocycles. The monoisotopic (exact) mass is 265 g/mol. The zero-order valence-electron chi connectivity index (χ0n) is 10.9. The van der Waals surface area contributed by atoms with E-state index in [1.54, 1.807) is 36.9 Å². The van der Waals surface area contributed by atoms with Gasteiger partial charge in [-0.15, -0.1) is 0 Å². The summed E-state index contributed by atoms with van der Waals surface area (Å²) >= 11 is 0. The Bertz CT molecular complexity index is 579. The van der Waals surface area contributed by atoms with Crippen LogP contribution in [0.4, 0.5) is 4.39 Å². The number of hydrogen-bond donors (Lipinski definition) is 0. The molecule has 4 nitrogen and oxygen atoms in total. The van der Waals surface area contributed by atoms with E-state index in [4.69, 9.17) is 9.47 Å². The van der Waals surface area contributed by atoms with Crippen LogP contribution < -0.4 is 0 Å². The van der Waals surface area contributed by atoms with Crippen molar-refractivity contribution in [2.45, 2.75) is 13.0 Å². The number of aromatic nitrogens is 1. The summed E-state index contributed by atoms with van der Waals surface area (Å²) in [5.74, 6) is -0.626. The van der Waals surface area contributed by atoms with Crippen LogP contribution in [-0.2, 0) is 14.3 Å². The first-order valence-electron chi connectivity index (χ1n) is 6.05. The molecule has 19 heavy (non-hydrogen) atoms. The molecule has 0 saturated heterocycles. The Morgan fingerprint density at radius 2 is 2.16 bits per heavy atom. The van der Waals surface area contributed by atoms with Crippen molar-refractivity contribution in [2.24, 2.45) is 0 Å².